The van der Waals surface area contributed by atoms with Crippen molar-refractivity contribution >= 4 is 28.9 Å². The number of benzene rings is 2. The second-order valence-electron chi connectivity index (χ2n) is 10.8. The Morgan fingerprint density at radius 2 is 1.80 bits per heavy atom. The molecule has 3 heterocycles. The van der Waals surface area contributed by atoms with Crippen molar-refractivity contribution in [3.63, 3.8) is 0 Å². The highest BCUT2D eigenvalue weighted by atomic mass is 16.5. The lowest BCUT2D eigenvalue weighted by molar-refractivity contribution is -0.0667. The summed E-state index contributed by atoms with van der Waals surface area (Å²) in [6.45, 7) is 13.7. The summed E-state index contributed by atoms with van der Waals surface area (Å²) in [7, 11) is 0. The number of carbonyl (C=O) groups is 1. The number of rotatable bonds is 9. The summed E-state index contributed by atoms with van der Waals surface area (Å²) in [6.07, 6.45) is 2.03. The molecule has 1 amide bonds. The van der Waals surface area contributed by atoms with Crippen LogP contribution in [-0.2, 0) is 4.74 Å². The summed E-state index contributed by atoms with van der Waals surface area (Å²) in [6, 6.07) is 17.2. The molecule has 214 valence electrons. The quantitative estimate of drug-likeness (QED) is 0.262. The van der Waals surface area contributed by atoms with Crippen molar-refractivity contribution in [3.8, 4) is 5.82 Å². The standard InChI is InChI=1S/C31H38N8O2/c1-20-7-6-8-25(13-20)31(40)35-26-10-9-21(2)27(15-26)36-30-14-22(3)37-39(30)29-16-28(33-19-34-29)32-11-12-38-17-23(4)41-24(5)18-38/h6-10,13-16,19,23-24,36H,11-12,17-18H2,1-5H3,(H,35,40)(H,32,33,34). The smallest absolute Gasteiger partial charge is 0.255 e. The van der Waals surface area contributed by atoms with Gasteiger partial charge in [-0.2, -0.15) is 9.78 Å². The van der Waals surface area contributed by atoms with Crippen LogP contribution < -0.4 is 16.0 Å². The van der Waals surface area contributed by atoms with Crippen molar-refractivity contribution in [1.29, 1.82) is 0 Å². The van der Waals surface area contributed by atoms with Gasteiger partial charge in [0, 0.05) is 55.2 Å². The fourth-order valence-electron chi connectivity index (χ4n) is 5.09. The van der Waals surface area contributed by atoms with E-state index in [9.17, 15) is 4.79 Å². The van der Waals surface area contributed by atoms with Gasteiger partial charge >= 0.3 is 0 Å². The third-order valence-electron chi connectivity index (χ3n) is 6.97. The molecule has 2 aromatic heterocycles. The van der Waals surface area contributed by atoms with Gasteiger partial charge in [-0.1, -0.05) is 23.8 Å². The van der Waals surface area contributed by atoms with Crippen LogP contribution in [0, 0.1) is 20.8 Å². The zero-order valence-corrected chi connectivity index (χ0v) is 24.3. The summed E-state index contributed by atoms with van der Waals surface area (Å²) in [4.78, 5) is 24.1. The van der Waals surface area contributed by atoms with E-state index in [0.29, 0.717) is 17.1 Å². The maximum atomic E-state index is 12.8. The average Bonchev–Trinajstić information content (AvgIpc) is 3.30. The molecule has 10 heteroatoms. The molecule has 0 bridgehead atoms. The van der Waals surface area contributed by atoms with Crippen molar-refractivity contribution in [2.24, 2.45) is 0 Å². The van der Waals surface area contributed by atoms with E-state index in [1.807, 2.05) is 75.4 Å². The van der Waals surface area contributed by atoms with Crippen LogP contribution in [0.2, 0.25) is 0 Å². The molecular formula is C31H38N8O2. The molecule has 5 rings (SSSR count). The van der Waals surface area contributed by atoms with Crippen molar-refractivity contribution in [3.05, 3.63) is 83.3 Å². The number of amides is 1. The Balaban J connectivity index is 1.28. The number of hydrogen-bond acceptors (Lipinski definition) is 8. The summed E-state index contributed by atoms with van der Waals surface area (Å²) < 4.78 is 7.61. The molecule has 4 aromatic rings. The van der Waals surface area contributed by atoms with Crippen LogP contribution in [0.1, 0.15) is 41.0 Å². The Morgan fingerprint density at radius 3 is 2.59 bits per heavy atom. The van der Waals surface area contributed by atoms with Gasteiger partial charge in [0.05, 0.1) is 17.9 Å². The first kappa shape index (κ1) is 28.3. The van der Waals surface area contributed by atoms with Crippen molar-refractivity contribution in [2.45, 2.75) is 46.8 Å². The third-order valence-corrected chi connectivity index (χ3v) is 6.97. The van der Waals surface area contributed by atoms with E-state index in [1.54, 1.807) is 11.0 Å². The van der Waals surface area contributed by atoms with Crippen LogP contribution >= 0.6 is 0 Å². The zero-order valence-electron chi connectivity index (χ0n) is 24.3. The summed E-state index contributed by atoms with van der Waals surface area (Å²) in [5, 5.41) is 14.6. The fraction of sp³-hybridized carbons (Fsp3) is 0.355. The van der Waals surface area contributed by atoms with Crippen LogP contribution in [0.15, 0.2) is 60.9 Å². The second kappa shape index (κ2) is 12.5. The Morgan fingerprint density at radius 1 is 1.00 bits per heavy atom. The number of hydrogen-bond donors (Lipinski definition) is 3. The van der Waals surface area contributed by atoms with Crippen LogP contribution in [0.3, 0.4) is 0 Å². The van der Waals surface area contributed by atoms with Gasteiger partial charge in [0.15, 0.2) is 5.82 Å². The van der Waals surface area contributed by atoms with E-state index in [2.05, 4.69) is 49.8 Å². The molecule has 1 saturated heterocycles. The maximum absolute atomic E-state index is 12.8. The number of morpholine rings is 1. The van der Waals surface area contributed by atoms with Gasteiger partial charge in [-0.3, -0.25) is 9.69 Å². The third kappa shape index (κ3) is 7.27. The van der Waals surface area contributed by atoms with E-state index >= 15 is 0 Å². The second-order valence-corrected chi connectivity index (χ2v) is 10.8. The number of nitrogens with one attached hydrogen (secondary N) is 3. The predicted molar refractivity (Wildman–Crippen MR) is 162 cm³/mol. The molecule has 1 fully saturated rings. The highest BCUT2D eigenvalue weighted by molar-refractivity contribution is 6.04. The number of anilines is 4. The van der Waals surface area contributed by atoms with Gasteiger partial charge in [-0.15, -0.1) is 0 Å². The monoisotopic (exact) mass is 554 g/mol. The van der Waals surface area contributed by atoms with Gasteiger partial charge in [0.1, 0.15) is 18.0 Å². The molecule has 0 spiro atoms. The molecule has 10 nitrogen and oxygen atoms in total. The van der Waals surface area contributed by atoms with Gasteiger partial charge in [-0.05, 0) is 64.4 Å². The van der Waals surface area contributed by atoms with Crippen molar-refractivity contribution in [2.75, 3.05) is 42.1 Å². The molecule has 0 saturated carbocycles. The van der Waals surface area contributed by atoms with Crippen LogP contribution in [0.5, 0.6) is 0 Å². The van der Waals surface area contributed by atoms with Crippen molar-refractivity contribution in [1.82, 2.24) is 24.6 Å². The lowest BCUT2D eigenvalue weighted by Crippen LogP contribution is -2.46. The molecule has 1 aliphatic rings. The maximum Gasteiger partial charge on any atom is 0.255 e. The SMILES string of the molecule is Cc1cccc(C(=O)Nc2ccc(C)c(Nc3cc(C)nn3-c3cc(NCCN4CC(C)OC(C)C4)ncn3)c2)c1. The number of carbonyl (C=O) groups excluding carboxylic acids is 1. The van der Waals surface area contributed by atoms with E-state index < -0.39 is 0 Å². The molecule has 41 heavy (non-hydrogen) atoms. The topological polar surface area (TPSA) is 109 Å². The van der Waals surface area contributed by atoms with Gasteiger partial charge in [0.2, 0.25) is 0 Å². The summed E-state index contributed by atoms with van der Waals surface area (Å²) in [5.41, 5.74) is 5.09. The molecule has 2 unspecified atom stereocenters. The molecular weight excluding hydrogens is 516 g/mol. The highest BCUT2D eigenvalue weighted by Gasteiger charge is 2.21. The van der Waals surface area contributed by atoms with E-state index in [0.717, 1.165) is 60.3 Å². The van der Waals surface area contributed by atoms with Crippen LogP contribution in [0.4, 0.5) is 23.0 Å². The predicted octanol–water partition coefficient (Wildman–Crippen LogP) is 5.10. The Hall–Kier alpha value is -4.28. The Bertz CT molecular complexity index is 1510. The van der Waals surface area contributed by atoms with E-state index in [-0.39, 0.29) is 18.1 Å². The number of aromatic nitrogens is 4. The molecule has 2 aromatic carbocycles. The first-order valence-corrected chi connectivity index (χ1v) is 14.0. The fourth-order valence-corrected chi connectivity index (χ4v) is 5.09. The molecule has 3 N–H and O–H groups in total. The molecule has 0 radical (unpaired) electrons. The highest BCUT2D eigenvalue weighted by Crippen LogP contribution is 2.27. The first-order chi connectivity index (χ1) is 19.7. The summed E-state index contributed by atoms with van der Waals surface area (Å²) in [5.74, 6) is 1.99. The Labute approximate surface area is 241 Å². The largest absolute Gasteiger partial charge is 0.373 e. The Kier molecular flexibility index (Phi) is 8.61. The van der Waals surface area contributed by atoms with Crippen LogP contribution in [0.25, 0.3) is 5.82 Å². The average molecular weight is 555 g/mol. The van der Waals surface area contributed by atoms with Crippen LogP contribution in [-0.4, -0.2) is 68.9 Å². The normalized spacial score (nSPS) is 17.3. The number of aryl methyl sites for hydroxylation is 3. The van der Waals surface area contributed by atoms with Gasteiger partial charge < -0.3 is 20.7 Å². The molecule has 1 aliphatic heterocycles. The molecule has 2 atom stereocenters. The minimum atomic E-state index is -0.150. The first-order valence-electron chi connectivity index (χ1n) is 14.0. The number of ether oxygens (including phenoxy) is 1. The van der Waals surface area contributed by atoms with E-state index in [1.165, 1.54) is 0 Å². The minimum Gasteiger partial charge on any atom is -0.373 e. The summed E-state index contributed by atoms with van der Waals surface area (Å²) >= 11 is 0. The lowest BCUT2D eigenvalue weighted by Gasteiger charge is -2.35. The lowest BCUT2D eigenvalue weighted by atomic mass is 10.1. The zero-order chi connectivity index (χ0) is 28.9. The number of nitrogens with zero attached hydrogens (tertiary/aromatic N) is 5. The minimum absolute atomic E-state index is 0.150. The van der Waals surface area contributed by atoms with Gasteiger partial charge in [-0.25, -0.2) is 9.97 Å². The molecule has 0 aliphatic carbocycles. The van der Waals surface area contributed by atoms with Crippen molar-refractivity contribution < 1.29 is 9.53 Å². The van der Waals surface area contributed by atoms with Gasteiger partial charge in [0.25, 0.3) is 5.91 Å². The van der Waals surface area contributed by atoms with E-state index in [4.69, 9.17) is 4.74 Å².